The Balaban J connectivity index is 1.26. The first-order valence-corrected chi connectivity index (χ1v) is 9.10. The van der Waals surface area contributed by atoms with E-state index in [4.69, 9.17) is 4.52 Å². The Hall–Kier alpha value is -2.84. The highest BCUT2D eigenvalue weighted by Crippen LogP contribution is 2.30. The molecule has 1 aromatic carbocycles. The second kappa shape index (κ2) is 7.42. The summed E-state index contributed by atoms with van der Waals surface area (Å²) in [4.78, 5) is 12.4. The molecule has 1 aliphatic carbocycles. The number of aliphatic hydroxyl groups is 1. The van der Waals surface area contributed by atoms with Gasteiger partial charge in [0.1, 0.15) is 5.69 Å². The van der Waals surface area contributed by atoms with Crippen LogP contribution in [0.3, 0.4) is 0 Å². The predicted molar refractivity (Wildman–Crippen MR) is 98.7 cm³/mol. The van der Waals surface area contributed by atoms with Crippen molar-refractivity contribution in [2.24, 2.45) is 5.92 Å². The van der Waals surface area contributed by atoms with Gasteiger partial charge in [0.05, 0.1) is 11.8 Å². The van der Waals surface area contributed by atoms with Crippen LogP contribution >= 0.6 is 0 Å². The van der Waals surface area contributed by atoms with Crippen molar-refractivity contribution in [1.29, 1.82) is 0 Å². The molecule has 0 saturated heterocycles. The van der Waals surface area contributed by atoms with Crippen molar-refractivity contribution in [3.8, 4) is 11.3 Å². The number of aromatic nitrogens is 1. The van der Waals surface area contributed by atoms with Gasteiger partial charge in [-0.2, -0.15) is 0 Å². The van der Waals surface area contributed by atoms with Crippen LogP contribution in [0.4, 0.5) is 0 Å². The number of nitrogens with one attached hydrogen (secondary N) is 3. The van der Waals surface area contributed by atoms with Crippen LogP contribution in [0.15, 0.2) is 52.8 Å². The molecule has 0 radical (unpaired) electrons. The van der Waals surface area contributed by atoms with Crippen molar-refractivity contribution >= 4 is 5.91 Å². The summed E-state index contributed by atoms with van der Waals surface area (Å²) in [5, 5.41) is 18.6. The molecular formula is C19H23N5O3. The fourth-order valence-corrected chi connectivity index (χ4v) is 3.47. The van der Waals surface area contributed by atoms with E-state index in [-0.39, 0.29) is 17.7 Å². The van der Waals surface area contributed by atoms with E-state index in [1.165, 1.54) is 0 Å². The lowest BCUT2D eigenvalue weighted by Crippen LogP contribution is -2.50. The molecule has 27 heavy (non-hydrogen) atoms. The van der Waals surface area contributed by atoms with E-state index in [1.807, 2.05) is 35.3 Å². The van der Waals surface area contributed by atoms with Crippen LogP contribution in [0.25, 0.3) is 11.3 Å². The van der Waals surface area contributed by atoms with Crippen molar-refractivity contribution in [3.05, 3.63) is 54.1 Å². The molecule has 1 fully saturated rings. The lowest BCUT2D eigenvalue weighted by Gasteiger charge is -2.38. The molecule has 1 aromatic heterocycles. The minimum Gasteiger partial charge on any atom is -0.387 e. The van der Waals surface area contributed by atoms with Gasteiger partial charge in [0.2, 0.25) is 5.76 Å². The predicted octanol–water partition coefficient (Wildman–Crippen LogP) is 1.40. The van der Waals surface area contributed by atoms with Gasteiger partial charge in [-0.3, -0.25) is 9.80 Å². The van der Waals surface area contributed by atoms with E-state index >= 15 is 0 Å². The molecular weight excluding hydrogens is 346 g/mol. The fraction of sp³-hybridized carbons (Fsp3) is 0.368. The number of carbonyl (C=O) groups excluding carboxylic acids is 1. The Morgan fingerprint density at radius 3 is 2.93 bits per heavy atom. The van der Waals surface area contributed by atoms with Crippen LogP contribution in [0, 0.1) is 5.92 Å². The molecule has 4 rings (SSSR count). The van der Waals surface area contributed by atoms with Gasteiger partial charge in [0.25, 0.3) is 5.91 Å². The Morgan fingerprint density at radius 2 is 2.19 bits per heavy atom. The molecule has 1 aliphatic heterocycles. The third-order valence-corrected chi connectivity index (χ3v) is 4.97. The van der Waals surface area contributed by atoms with Gasteiger partial charge in [0.15, 0.2) is 0 Å². The third kappa shape index (κ3) is 3.81. The summed E-state index contributed by atoms with van der Waals surface area (Å²) in [5.41, 5.74) is 8.29. The molecule has 142 valence electrons. The van der Waals surface area contributed by atoms with Crippen LogP contribution in [-0.4, -0.2) is 39.9 Å². The molecule has 8 heteroatoms. The average Bonchev–Trinajstić information content (AvgIpc) is 3.30. The highest BCUT2D eigenvalue weighted by Gasteiger charge is 2.34. The Kier molecular flexibility index (Phi) is 4.83. The van der Waals surface area contributed by atoms with Gasteiger partial charge >= 0.3 is 0 Å². The van der Waals surface area contributed by atoms with Crippen LogP contribution in [0.2, 0.25) is 0 Å². The molecule has 2 aromatic rings. The molecule has 0 unspecified atom stereocenters. The molecule has 2 heterocycles. The molecule has 0 bridgehead atoms. The number of benzene rings is 1. The SMILES string of the molecule is C[C@@H](O)C1=CNNN1C[C@H]1C[C@@H](NC(=O)c2cc(-c3ccccc3)no2)C1. The summed E-state index contributed by atoms with van der Waals surface area (Å²) in [6.07, 6.45) is 3.00. The zero-order valence-corrected chi connectivity index (χ0v) is 15.1. The maximum atomic E-state index is 12.4. The van der Waals surface area contributed by atoms with Crippen LogP contribution in [0.1, 0.15) is 30.3 Å². The van der Waals surface area contributed by atoms with Crippen LogP contribution < -0.4 is 16.3 Å². The maximum absolute atomic E-state index is 12.4. The van der Waals surface area contributed by atoms with Crippen molar-refractivity contribution < 1.29 is 14.4 Å². The quantitative estimate of drug-likeness (QED) is 0.610. The van der Waals surface area contributed by atoms with E-state index < -0.39 is 6.10 Å². The number of hydrogen-bond donors (Lipinski definition) is 4. The van der Waals surface area contributed by atoms with Gasteiger partial charge in [0, 0.05) is 30.4 Å². The van der Waals surface area contributed by atoms with Gasteiger partial charge in [-0.25, -0.2) is 0 Å². The first-order chi connectivity index (χ1) is 13.1. The first-order valence-electron chi connectivity index (χ1n) is 9.10. The largest absolute Gasteiger partial charge is 0.387 e. The van der Waals surface area contributed by atoms with E-state index in [1.54, 1.807) is 19.2 Å². The lowest BCUT2D eigenvalue weighted by atomic mass is 9.80. The zero-order chi connectivity index (χ0) is 18.8. The number of hydrogen-bond acceptors (Lipinski definition) is 7. The van der Waals surface area contributed by atoms with Crippen molar-refractivity contribution in [2.45, 2.75) is 31.9 Å². The summed E-state index contributed by atoms with van der Waals surface area (Å²) < 4.78 is 5.20. The summed E-state index contributed by atoms with van der Waals surface area (Å²) in [6, 6.07) is 11.4. The minimum absolute atomic E-state index is 0.127. The van der Waals surface area contributed by atoms with Crippen LogP contribution in [0.5, 0.6) is 0 Å². The van der Waals surface area contributed by atoms with E-state index in [2.05, 4.69) is 21.4 Å². The summed E-state index contributed by atoms with van der Waals surface area (Å²) in [6.45, 7) is 2.51. The van der Waals surface area contributed by atoms with Crippen molar-refractivity contribution in [3.63, 3.8) is 0 Å². The Morgan fingerprint density at radius 1 is 1.41 bits per heavy atom. The highest BCUT2D eigenvalue weighted by atomic mass is 16.5. The number of rotatable bonds is 6. The van der Waals surface area contributed by atoms with Gasteiger partial charge in [-0.1, -0.05) is 35.5 Å². The molecule has 2 aliphatic rings. The number of nitrogens with zero attached hydrogens (tertiary/aromatic N) is 2. The Labute approximate surface area is 157 Å². The number of hydrazine groups is 2. The normalized spacial score (nSPS) is 22.6. The first kappa shape index (κ1) is 17.6. The zero-order valence-electron chi connectivity index (χ0n) is 15.1. The summed E-state index contributed by atoms with van der Waals surface area (Å²) in [7, 11) is 0. The molecule has 1 amide bonds. The van der Waals surface area contributed by atoms with Gasteiger partial charge < -0.3 is 20.4 Å². The van der Waals surface area contributed by atoms with Crippen LogP contribution in [-0.2, 0) is 0 Å². The number of amides is 1. The van der Waals surface area contributed by atoms with E-state index in [0.29, 0.717) is 11.6 Å². The minimum atomic E-state index is -0.534. The van der Waals surface area contributed by atoms with Gasteiger partial charge in [-0.15, -0.1) is 5.53 Å². The van der Waals surface area contributed by atoms with Crippen molar-refractivity contribution in [1.82, 2.24) is 26.4 Å². The van der Waals surface area contributed by atoms with Crippen molar-refractivity contribution in [2.75, 3.05) is 6.54 Å². The molecule has 4 N–H and O–H groups in total. The summed E-state index contributed by atoms with van der Waals surface area (Å²) in [5.74, 6) is 0.431. The van der Waals surface area contributed by atoms with E-state index in [0.717, 1.165) is 30.6 Å². The lowest BCUT2D eigenvalue weighted by molar-refractivity contribution is 0.0789. The smallest absolute Gasteiger partial charge is 0.290 e. The summed E-state index contributed by atoms with van der Waals surface area (Å²) >= 11 is 0. The molecule has 1 saturated carbocycles. The molecule has 8 nitrogen and oxygen atoms in total. The molecule has 0 spiro atoms. The Bertz CT molecular complexity index is 827. The number of carbonyl (C=O) groups is 1. The molecule has 1 atom stereocenters. The topological polar surface area (TPSA) is 103 Å². The number of aliphatic hydroxyl groups excluding tert-OH is 1. The second-order valence-corrected chi connectivity index (χ2v) is 7.06. The third-order valence-electron chi connectivity index (χ3n) is 4.97. The fourth-order valence-electron chi connectivity index (χ4n) is 3.47. The maximum Gasteiger partial charge on any atom is 0.290 e. The monoisotopic (exact) mass is 369 g/mol. The van der Waals surface area contributed by atoms with Gasteiger partial charge in [-0.05, 0) is 25.7 Å². The van der Waals surface area contributed by atoms with E-state index in [9.17, 15) is 9.90 Å². The standard InChI is InChI=1S/C19H23N5O3/c1-12(25)17-10-20-23-24(17)11-13-7-15(8-13)21-19(26)18-9-16(22-27-18)14-5-3-2-4-6-14/h2-6,9-10,12-13,15,20,23,25H,7-8,11H2,1H3,(H,21,26)/t12-,13-,15+/m1/s1. The highest BCUT2D eigenvalue weighted by molar-refractivity contribution is 5.92. The average molecular weight is 369 g/mol. The second-order valence-electron chi connectivity index (χ2n) is 7.06.